The van der Waals surface area contributed by atoms with Gasteiger partial charge in [0.05, 0.1) is 17.6 Å². The Morgan fingerprint density at radius 2 is 1.85 bits per heavy atom. The zero-order valence-electron chi connectivity index (χ0n) is 15.8. The maximum Gasteiger partial charge on any atom is 0.240 e. The van der Waals surface area contributed by atoms with E-state index in [1.165, 1.54) is 0 Å². The summed E-state index contributed by atoms with van der Waals surface area (Å²) in [6, 6.07) is 17.3. The van der Waals surface area contributed by atoms with Gasteiger partial charge in [0.15, 0.2) is 0 Å². The van der Waals surface area contributed by atoms with Crippen LogP contribution in [0.4, 0.5) is 0 Å². The Hall–Kier alpha value is -1.73. The van der Waals surface area contributed by atoms with Gasteiger partial charge in [0.1, 0.15) is 0 Å². The van der Waals surface area contributed by atoms with Crippen LogP contribution in [0.5, 0.6) is 0 Å². The normalized spacial score (nSPS) is 18.5. The van der Waals surface area contributed by atoms with Crippen LogP contribution in [0.25, 0.3) is 0 Å². The third-order valence-corrected chi connectivity index (χ3v) is 6.29. The van der Waals surface area contributed by atoms with Crippen molar-refractivity contribution in [3.63, 3.8) is 0 Å². The molecule has 0 saturated carbocycles. The van der Waals surface area contributed by atoms with Crippen LogP contribution in [0.2, 0.25) is 0 Å². The quantitative estimate of drug-likeness (QED) is 0.755. The molecule has 0 aromatic heterocycles. The van der Waals surface area contributed by atoms with Gasteiger partial charge in [-0.15, -0.1) is 0 Å². The zero-order valence-corrected chi connectivity index (χ0v) is 16.6. The number of rotatable bonds is 8. The van der Waals surface area contributed by atoms with Crippen molar-refractivity contribution in [1.29, 1.82) is 0 Å². The van der Waals surface area contributed by atoms with Gasteiger partial charge in [0, 0.05) is 26.2 Å². The number of aryl methyl sites for hydroxylation is 1. The number of benzene rings is 2. The van der Waals surface area contributed by atoms with Crippen LogP contribution in [0, 0.1) is 0 Å². The first-order valence-electron chi connectivity index (χ1n) is 9.56. The van der Waals surface area contributed by atoms with Crippen LogP contribution < -0.4 is 4.72 Å². The van der Waals surface area contributed by atoms with Crippen molar-refractivity contribution in [3.8, 4) is 0 Å². The highest BCUT2D eigenvalue weighted by Crippen LogP contribution is 2.21. The van der Waals surface area contributed by atoms with Gasteiger partial charge < -0.3 is 4.74 Å². The highest BCUT2D eigenvalue weighted by atomic mass is 32.2. The average molecular weight is 389 g/mol. The van der Waals surface area contributed by atoms with E-state index in [2.05, 4.69) is 28.7 Å². The first-order valence-corrected chi connectivity index (χ1v) is 11.0. The molecule has 1 aliphatic rings. The Bertz CT molecular complexity index is 807. The molecule has 0 amide bonds. The van der Waals surface area contributed by atoms with Gasteiger partial charge >= 0.3 is 0 Å². The summed E-state index contributed by atoms with van der Waals surface area (Å²) in [5.41, 5.74) is 2.33. The van der Waals surface area contributed by atoms with Gasteiger partial charge in [-0.1, -0.05) is 55.8 Å². The molecule has 1 atom stereocenters. The van der Waals surface area contributed by atoms with E-state index in [4.69, 9.17) is 4.74 Å². The summed E-state index contributed by atoms with van der Waals surface area (Å²) in [7, 11) is -3.47. The number of hydrogen-bond donors (Lipinski definition) is 1. The molecule has 0 spiro atoms. The lowest BCUT2D eigenvalue weighted by Gasteiger charge is -2.33. The molecule has 1 heterocycles. The van der Waals surface area contributed by atoms with Crippen LogP contribution in [0.3, 0.4) is 0 Å². The number of sulfonamides is 1. The first kappa shape index (κ1) is 20.0. The minimum Gasteiger partial charge on any atom is -0.371 e. The number of hydrogen-bond acceptors (Lipinski definition) is 4. The van der Waals surface area contributed by atoms with Crippen LogP contribution in [-0.4, -0.2) is 46.1 Å². The molecule has 3 rings (SSSR count). The maximum atomic E-state index is 12.5. The molecule has 6 heteroatoms. The summed E-state index contributed by atoms with van der Waals surface area (Å²) in [5, 5.41) is 0. The molecule has 2 aromatic carbocycles. The molecule has 5 nitrogen and oxygen atoms in total. The van der Waals surface area contributed by atoms with E-state index in [0.29, 0.717) is 24.6 Å². The summed E-state index contributed by atoms with van der Waals surface area (Å²) >= 11 is 0. The molecule has 146 valence electrons. The first-order chi connectivity index (χ1) is 13.1. The summed E-state index contributed by atoms with van der Waals surface area (Å²) in [4.78, 5) is 2.57. The highest BCUT2D eigenvalue weighted by Gasteiger charge is 2.22. The Morgan fingerprint density at radius 1 is 1.11 bits per heavy atom. The number of ether oxygens (including phenoxy) is 1. The van der Waals surface area contributed by atoms with E-state index in [9.17, 15) is 8.42 Å². The lowest BCUT2D eigenvalue weighted by Crippen LogP contribution is -2.42. The molecular formula is C21H28N2O3S. The molecule has 0 bridgehead atoms. The molecule has 0 aliphatic carbocycles. The molecule has 1 N–H and O–H groups in total. The van der Waals surface area contributed by atoms with E-state index in [-0.39, 0.29) is 6.10 Å². The molecular weight excluding hydrogens is 360 g/mol. The van der Waals surface area contributed by atoms with Crippen molar-refractivity contribution >= 4 is 10.0 Å². The second-order valence-corrected chi connectivity index (χ2v) is 8.63. The Kier molecular flexibility index (Phi) is 7.01. The number of morpholine rings is 1. The molecule has 0 radical (unpaired) electrons. The van der Waals surface area contributed by atoms with E-state index in [1.807, 2.05) is 30.3 Å². The van der Waals surface area contributed by atoms with Gasteiger partial charge in [-0.25, -0.2) is 13.1 Å². The molecule has 1 saturated heterocycles. The number of nitrogens with zero attached hydrogens (tertiary/aromatic N) is 1. The van der Waals surface area contributed by atoms with E-state index in [0.717, 1.165) is 37.1 Å². The maximum absolute atomic E-state index is 12.5. The zero-order chi connectivity index (χ0) is 19.1. The Morgan fingerprint density at radius 3 is 2.56 bits per heavy atom. The minimum atomic E-state index is -3.47. The predicted molar refractivity (Wildman–Crippen MR) is 107 cm³/mol. The number of nitrogens with one attached hydrogen (secondary N) is 1. The lowest BCUT2D eigenvalue weighted by molar-refractivity contribution is -0.0291. The van der Waals surface area contributed by atoms with Gasteiger partial charge in [-0.3, -0.25) is 4.90 Å². The van der Waals surface area contributed by atoms with Crippen molar-refractivity contribution in [2.45, 2.75) is 30.8 Å². The summed E-state index contributed by atoms with van der Waals surface area (Å²) in [6.45, 7) is 5.42. The van der Waals surface area contributed by atoms with Crippen molar-refractivity contribution in [1.82, 2.24) is 9.62 Å². The van der Waals surface area contributed by atoms with Crippen LogP contribution in [0.15, 0.2) is 59.5 Å². The fourth-order valence-electron chi connectivity index (χ4n) is 3.32. The van der Waals surface area contributed by atoms with Crippen molar-refractivity contribution in [2.24, 2.45) is 0 Å². The fourth-order valence-corrected chi connectivity index (χ4v) is 4.34. The van der Waals surface area contributed by atoms with Crippen molar-refractivity contribution < 1.29 is 13.2 Å². The monoisotopic (exact) mass is 388 g/mol. The molecule has 1 unspecified atom stereocenters. The van der Waals surface area contributed by atoms with Gasteiger partial charge in [0.2, 0.25) is 10.0 Å². The summed E-state index contributed by atoms with van der Waals surface area (Å²) in [5.74, 6) is 0. The lowest BCUT2D eigenvalue weighted by atomic mass is 10.1. The fraction of sp³-hybridized carbons (Fsp3) is 0.429. The molecule has 1 fully saturated rings. The second-order valence-electron chi connectivity index (χ2n) is 6.86. The second kappa shape index (κ2) is 9.46. The topological polar surface area (TPSA) is 58.6 Å². The molecule has 2 aromatic rings. The summed E-state index contributed by atoms with van der Waals surface area (Å²) in [6.07, 6.45) is 2.06. The third kappa shape index (κ3) is 5.62. The van der Waals surface area contributed by atoms with Crippen molar-refractivity contribution in [2.75, 3.05) is 32.8 Å². The highest BCUT2D eigenvalue weighted by molar-refractivity contribution is 7.89. The molecule has 1 aliphatic heterocycles. The van der Waals surface area contributed by atoms with E-state index >= 15 is 0 Å². The SMILES string of the molecule is CCCc1ccc(S(=O)(=O)NCCN2CCOC(c3ccccc3)C2)cc1. The van der Waals surface area contributed by atoms with Crippen LogP contribution in [-0.2, 0) is 21.2 Å². The van der Waals surface area contributed by atoms with Gasteiger partial charge in [0.25, 0.3) is 0 Å². The average Bonchev–Trinajstić information content (AvgIpc) is 2.69. The molecule has 27 heavy (non-hydrogen) atoms. The Balaban J connectivity index is 1.51. The minimum absolute atomic E-state index is 0.0441. The van der Waals surface area contributed by atoms with Crippen LogP contribution in [0.1, 0.15) is 30.6 Å². The van der Waals surface area contributed by atoms with Crippen LogP contribution >= 0.6 is 0 Å². The standard InChI is InChI=1S/C21H28N2O3S/c1-2-6-18-9-11-20(12-10-18)27(24,25)22-13-14-23-15-16-26-21(17-23)19-7-4-3-5-8-19/h3-5,7-12,21-22H,2,6,13-17H2,1H3. The van der Waals surface area contributed by atoms with Crippen molar-refractivity contribution in [3.05, 3.63) is 65.7 Å². The van der Waals surface area contributed by atoms with Gasteiger partial charge in [-0.05, 0) is 29.7 Å². The third-order valence-electron chi connectivity index (χ3n) is 4.81. The van der Waals surface area contributed by atoms with E-state index < -0.39 is 10.0 Å². The summed E-state index contributed by atoms with van der Waals surface area (Å²) < 4.78 is 33.5. The largest absolute Gasteiger partial charge is 0.371 e. The van der Waals surface area contributed by atoms with E-state index in [1.54, 1.807) is 12.1 Å². The van der Waals surface area contributed by atoms with Gasteiger partial charge in [-0.2, -0.15) is 0 Å². The smallest absolute Gasteiger partial charge is 0.240 e. The Labute approximate surface area is 162 Å². The predicted octanol–water partition coefficient (Wildman–Crippen LogP) is 2.99.